The van der Waals surface area contributed by atoms with Crippen molar-refractivity contribution in [2.75, 3.05) is 12.0 Å². The Morgan fingerprint density at radius 2 is 1.71 bits per heavy atom. The van der Waals surface area contributed by atoms with E-state index in [1.54, 1.807) is 0 Å². The van der Waals surface area contributed by atoms with Crippen molar-refractivity contribution in [2.45, 2.75) is 32.9 Å². The quantitative estimate of drug-likeness (QED) is 0.876. The lowest BCUT2D eigenvalue weighted by Crippen LogP contribution is -2.34. The van der Waals surface area contributed by atoms with Crippen molar-refractivity contribution in [2.24, 2.45) is 0 Å². The van der Waals surface area contributed by atoms with E-state index in [9.17, 15) is 8.42 Å². The summed E-state index contributed by atoms with van der Waals surface area (Å²) in [5.74, 6) is 0.170. The average molecular weight is 255 g/mol. The van der Waals surface area contributed by atoms with Crippen LogP contribution in [-0.2, 0) is 9.84 Å². The Kier molecular flexibility index (Phi) is 4.71. The SMILES string of the molecule is Cc1ccc(C(C)NC(C)CS(C)(=O)=O)cc1. The number of rotatable bonds is 5. The Hall–Kier alpha value is -0.870. The second kappa shape index (κ2) is 5.65. The monoisotopic (exact) mass is 255 g/mol. The number of benzene rings is 1. The third kappa shape index (κ3) is 5.33. The second-order valence-corrected chi connectivity index (χ2v) is 6.98. The summed E-state index contributed by atoms with van der Waals surface area (Å²) in [4.78, 5) is 0. The summed E-state index contributed by atoms with van der Waals surface area (Å²) >= 11 is 0. The van der Waals surface area contributed by atoms with Gasteiger partial charge in [0.05, 0.1) is 5.75 Å². The second-order valence-electron chi connectivity index (χ2n) is 4.79. The first-order chi connectivity index (χ1) is 7.78. The molecule has 1 rings (SSSR count). The fraction of sp³-hybridized carbons (Fsp3) is 0.538. The third-order valence-corrected chi connectivity index (χ3v) is 3.77. The summed E-state index contributed by atoms with van der Waals surface area (Å²) in [7, 11) is -2.92. The van der Waals surface area contributed by atoms with Crippen LogP contribution in [0, 0.1) is 6.92 Å². The summed E-state index contributed by atoms with van der Waals surface area (Å²) in [6.45, 7) is 5.99. The lowest BCUT2D eigenvalue weighted by Gasteiger charge is -2.19. The molecule has 17 heavy (non-hydrogen) atoms. The molecule has 0 heterocycles. The molecule has 4 heteroatoms. The molecule has 0 fully saturated rings. The van der Waals surface area contributed by atoms with Crippen molar-refractivity contribution in [1.82, 2.24) is 5.32 Å². The Balaban J connectivity index is 2.60. The first-order valence-corrected chi connectivity index (χ1v) is 7.84. The van der Waals surface area contributed by atoms with E-state index >= 15 is 0 Å². The molecule has 2 unspecified atom stereocenters. The van der Waals surface area contributed by atoms with E-state index in [2.05, 4.69) is 29.6 Å². The summed E-state index contributed by atoms with van der Waals surface area (Å²) in [6.07, 6.45) is 1.27. The fourth-order valence-electron chi connectivity index (χ4n) is 1.88. The van der Waals surface area contributed by atoms with Gasteiger partial charge in [-0.3, -0.25) is 0 Å². The predicted molar refractivity (Wildman–Crippen MR) is 71.9 cm³/mol. The lowest BCUT2D eigenvalue weighted by molar-refractivity contribution is 0.500. The average Bonchev–Trinajstić information content (AvgIpc) is 2.15. The van der Waals surface area contributed by atoms with Gasteiger partial charge in [0.25, 0.3) is 0 Å². The number of nitrogens with one attached hydrogen (secondary N) is 1. The Bertz CT molecular complexity index is 451. The highest BCUT2D eigenvalue weighted by Crippen LogP contribution is 2.13. The highest BCUT2D eigenvalue weighted by Gasteiger charge is 2.13. The maximum absolute atomic E-state index is 11.2. The molecule has 2 atom stereocenters. The first-order valence-electron chi connectivity index (χ1n) is 5.78. The van der Waals surface area contributed by atoms with E-state index < -0.39 is 9.84 Å². The molecular formula is C13H21NO2S. The minimum Gasteiger partial charge on any atom is -0.307 e. The van der Waals surface area contributed by atoms with Crippen LogP contribution in [-0.4, -0.2) is 26.5 Å². The fourth-order valence-corrected chi connectivity index (χ4v) is 2.88. The van der Waals surface area contributed by atoms with Crippen LogP contribution in [0.4, 0.5) is 0 Å². The van der Waals surface area contributed by atoms with E-state index in [1.165, 1.54) is 17.4 Å². The Morgan fingerprint density at radius 3 is 2.18 bits per heavy atom. The van der Waals surface area contributed by atoms with Crippen molar-refractivity contribution < 1.29 is 8.42 Å². The van der Waals surface area contributed by atoms with Gasteiger partial charge in [0.1, 0.15) is 9.84 Å². The molecular weight excluding hydrogens is 234 g/mol. The van der Waals surface area contributed by atoms with Crippen LogP contribution in [0.5, 0.6) is 0 Å². The molecule has 0 saturated carbocycles. The molecule has 0 aromatic heterocycles. The maximum Gasteiger partial charge on any atom is 0.148 e. The van der Waals surface area contributed by atoms with Gasteiger partial charge in [0.15, 0.2) is 0 Å². The van der Waals surface area contributed by atoms with Gasteiger partial charge in [0, 0.05) is 18.3 Å². The van der Waals surface area contributed by atoms with Crippen LogP contribution in [0.3, 0.4) is 0 Å². The zero-order chi connectivity index (χ0) is 13.1. The Morgan fingerprint density at radius 1 is 1.18 bits per heavy atom. The molecule has 1 N–H and O–H groups in total. The molecule has 0 bridgehead atoms. The highest BCUT2D eigenvalue weighted by molar-refractivity contribution is 7.90. The lowest BCUT2D eigenvalue weighted by atomic mass is 10.1. The van der Waals surface area contributed by atoms with E-state index in [0.717, 1.165) is 0 Å². The molecule has 0 saturated heterocycles. The molecule has 96 valence electrons. The molecule has 0 spiro atoms. The van der Waals surface area contributed by atoms with Crippen molar-refractivity contribution in [3.8, 4) is 0 Å². The number of aryl methyl sites for hydroxylation is 1. The standard InChI is InChI=1S/C13H21NO2S/c1-10-5-7-13(8-6-10)12(3)14-11(2)9-17(4,15)16/h5-8,11-12,14H,9H2,1-4H3. The summed E-state index contributed by atoms with van der Waals surface area (Å²) < 4.78 is 22.3. The van der Waals surface area contributed by atoms with Crippen LogP contribution in [0.25, 0.3) is 0 Å². The normalized spacial score (nSPS) is 15.5. The van der Waals surface area contributed by atoms with E-state index in [4.69, 9.17) is 0 Å². The van der Waals surface area contributed by atoms with Crippen molar-refractivity contribution in [3.63, 3.8) is 0 Å². The van der Waals surface area contributed by atoms with E-state index in [1.807, 2.05) is 20.8 Å². The van der Waals surface area contributed by atoms with E-state index in [0.29, 0.717) is 0 Å². The van der Waals surface area contributed by atoms with Gasteiger partial charge < -0.3 is 5.32 Å². The van der Waals surface area contributed by atoms with E-state index in [-0.39, 0.29) is 17.8 Å². The van der Waals surface area contributed by atoms with Crippen LogP contribution in [0.2, 0.25) is 0 Å². The predicted octanol–water partition coefficient (Wildman–Crippen LogP) is 2.08. The summed E-state index contributed by atoms with van der Waals surface area (Å²) in [5, 5.41) is 3.29. The number of sulfone groups is 1. The first kappa shape index (κ1) is 14.2. The smallest absolute Gasteiger partial charge is 0.148 e. The molecule has 0 radical (unpaired) electrons. The molecule has 0 aliphatic carbocycles. The maximum atomic E-state index is 11.2. The van der Waals surface area contributed by atoms with Crippen molar-refractivity contribution in [1.29, 1.82) is 0 Å². The minimum atomic E-state index is -2.92. The van der Waals surface area contributed by atoms with Crippen LogP contribution in [0.15, 0.2) is 24.3 Å². The molecule has 3 nitrogen and oxygen atoms in total. The van der Waals surface area contributed by atoms with Crippen LogP contribution < -0.4 is 5.32 Å². The number of hydrogen-bond donors (Lipinski definition) is 1. The van der Waals surface area contributed by atoms with Crippen LogP contribution in [0.1, 0.15) is 31.0 Å². The molecule has 0 amide bonds. The Labute approximate surface area is 104 Å². The molecule has 0 aliphatic heterocycles. The zero-order valence-electron chi connectivity index (χ0n) is 10.9. The van der Waals surface area contributed by atoms with Gasteiger partial charge >= 0.3 is 0 Å². The van der Waals surface area contributed by atoms with Gasteiger partial charge in [-0.15, -0.1) is 0 Å². The van der Waals surface area contributed by atoms with Crippen molar-refractivity contribution in [3.05, 3.63) is 35.4 Å². The van der Waals surface area contributed by atoms with Gasteiger partial charge in [-0.1, -0.05) is 29.8 Å². The molecule has 1 aromatic rings. The van der Waals surface area contributed by atoms with Gasteiger partial charge in [-0.2, -0.15) is 0 Å². The van der Waals surface area contributed by atoms with Crippen LogP contribution >= 0.6 is 0 Å². The zero-order valence-corrected chi connectivity index (χ0v) is 11.7. The minimum absolute atomic E-state index is 0.0405. The number of hydrogen-bond acceptors (Lipinski definition) is 3. The van der Waals surface area contributed by atoms with Gasteiger partial charge in [0.2, 0.25) is 0 Å². The largest absolute Gasteiger partial charge is 0.307 e. The van der Waals surface area contributed by atoms with Gasteiger partial charge in [-0.25, -0.2) is 8.42 Å². The third-order valence-electron chi connectivity index (χ3n) is 2.66. The topological polar surface area (TPSA) is 46.2 Å². The highest BCUT2D eigenvalue weighted by atomic mass is 32.2. The molecule has 1 aromatic carbocycles. The summed E-state index contributed by atoms with van der Waals surface area (Å²) in [5.41, 5.74) is 2.40. The van der Waals surface area contributed by atoms with Crippen molar-refractivity contribution >= 4 is 9.84 Å². The summed E-state index contributed by atoms with van der Waals surface area (Å²) in [6, 6.07) is 8.39. The van der Waals surface area contributed by atoms with Gasteiger partial charge in [-0.05, 0) is 26.3 Å². The molecule has 0 aliphatic rings.